The zero-order valence-electron chi connectivity index (χ0n) is 11.8. The SMILES string of the molecule is CCn1nc(C)cc1CC(=O)C1C2C3CCC(C3)C12. The van der Waals surface area contributed by atoms with Gasteiger partial charge < -0.3 is 0 Å². The van der Waals surface area contributed by atoms with E-state index in [0.717, 1.165) is 41.6 Å². The zero-order chi connectivity index (χ0) is 13.1. The van der Waals surface area contributed by atoms with Gasteiger partial charge in [0.1, 0.15) is 5.78 Å². The fourth-order valence-corrected chi connectivity index (χ4v) is 5.07. The van der Waals surface area contributed by atoms with Crippen LogP contribution >= 0.6 is 0 Å². The highest BCUT2D eigenvalue weighted by Gasteiger charge is 2.66. The van der Waals surface area contributed by atoms with Crippen molar-refractivity contribution in [3.8, 4) is 0 Å². The molecule has 0 radical (unpaired) electrons. The van der Waals surface area contributed by atoms with Crippen LogP contribution in [0.1, 0.15) is 37.6 Å². The van der Waals surface area contributed by atoms with Gasteiger partial charge in [-0.2, -0.15) is 5.10 Å². The second-order valence-corrected chi connectivity index (χ2v) is 6.75. The van der Waals surface area contributed by atoms with Crippen LogP contribution in [-0.4, -0.2) is 15.6 Å². The predicted octanol–water partition coefficient (Wildman–Crippen LogP) is 2.62. The maximum absolute atomic E-state index is 12.5. The van der Waals surface area contributed by atoms with Gasteiger partial charge in [-0.05, 0) is 62.8 Å². The molecule has 0 spiro atoms. The Kier molecular flexibility index (Phi) is 2.42. The first-order chi connectivity index (χ1) is 9.19. The van der Waals surface area contributed by atoms with Crippen molar-refractivity contribution in [3.05, 3.63) is 17.5 Å². The minimum Gasteiger partial charge on any atom is -0.299 e. The van der Waals surface area contributed by atoms with E-state index in [4.69, 9.17) is 0 Å². The number of carbonyl (C=O) groups is 1. The van der Waals surface area contributed by atoms with Crippen molar-refractivity contribution in [2.45, 2.75) is 46.1 Å². The summed E-state index contributed by atoms with van der Waals surface area (Å²) in [6, 6.07) is 2.08. The molecular weight excluding hydrogens is 236 g/mol. The molecule has 19 heavy (non-hydrogen) atoms. The van der Waals surface area contributed by atoms with E-state index >= 15 is 0 Å². The lowest BCUT2D eigenvalue weighted by molar-refractivity contribution is -0.120. The van der Waals surface area contributed by atoms with Gasteiger partial charge in [0.25, 0.3) is 0 Å². The molecule has 0 aliphatic heterocycles. The van der Waals surface area contributed by atoms with Crippen LogP contribution in [0.25, 0.3) is 0 Å². The Hall–Kier alpha value is -1.12. The molecule has 1 heterocycles. The molecule has 0 saturated heterocycles. The third-order valence-corrected chi connectivity index (χ3v) is 5.75. The highest BCUT2D eigenvalue weighted by atomic mass is 16.1. The lowest BCUT2D eigenvalue weighted by Crippen LogP contribution is -2.15. The van der Waals surface area contributed by atoms with Crippen LogP contribution in [0.4, 0.5) is 0 Å². The largest absolute Gasteiger partial charge is 0.299 e. The quantitative estimate of drug-likeness (QED) is 0.832. The second-order valence-electron chi connectivity index (χ2n) is 6.75. The van der Waals surface area contributed by atoms with Crippen molar-refractivity contribution in [3.63, 3.8) is 0 Å². The summed E-state index contributed by atoms with van der Waals surface area (Å²) in [5.74, 6) is 4.21. The Bertz CT molecular complexity index is 517. The van der Waals surface area contributed by atoms with E-state index in [-0.39, 0.29) is 0 Å². The predicted molar refractivity (Wildman–Crippen MR) is 72.7 cm³/mol. The first kappa shape index (κ1) is 11.7. The van der Waals surface area contributed by atoms with Crippen LogP contribution in [0.3, 0.4) is 0 Å². The number of Topliss-reactive ketones (excluding diaryl/α,β-unsaturated/α-hetero) is 1. The summed E-state index contributed by atoms with van der Waals surface area (Å²) < 4.78 is 1.99. The Morgan fingerprint density at radius 1 is 1.37 bits per heavy atom. The maximum Gasteiger partial charge on any atom is 0.142 e. The number of aryl methyl sites for hydroxylation is 2. The summed E-state index contributed by atoms with van der Waals surface area (Å²) in [6.07, 6.45) is 4.81. The maximum atomic E-state index is 12.5. The summed E-state index contributed by atoms with van der Waals surface area (Å²) in [7, 11) is 0. The lowest BCUT2D eigenvalue weighted by atomic mass is 9.98. The van der Waals surface area contributed by atoms with Gasteiger partial charge >= 0.3 is 0 Å². The molecule has 3 heteroatoms. The van der Waals surface area contributed by atoms with Crippen molar-refractivity contribution in [1.29, 1.82) is 0 Å². The minimum atomic E-state index is 0.409. The molecule has 3 aliphatic rings. The van der Waals surface area contributed by atoms with Gasteiger partial charge in [0.15, 0.2) is 0 Å². The van der Waals surface area contributed by atoms with Gasteiger partial charge in [0, 0.05) is 24.6 Å². The molecule has 0 amide bonds. The highest BCUT2D eigenvalue weighted by Crippen LogP contribution is 2.69. The molecule has 2 bridgehead atoms. The Morgan fingerprint density at radius 2 is 2.05 bits per heavy atom. The van der Waals surface area contributed by atoms with Crippen molar-refractivity contribution < 1.29 is 4.79 Å². The average Bonchev–Trinajstić information content (AvgIpc) is 2.71. The first-order valence-electron chi connectivity index (χ1n) is 7.75. The fraction of sp³-hybridized carbons (Fsp3) is 0.750. The highest BCUT2D eigenvalue weighted by molar-refractivity contribution is 5.86. The van der Waals surface area contributed by atoms with E-state index in [1.165, 1.54) is 19.3 Å². The molecule has 4 rings (SSSR count). The molecule has 3 aliphatic carbocycles. The van der Waals surface area contributed by atoms with Gasteiger partial charge in [-0.1, -0.05) is 0 Å². The topological polar surface area (TPSA) is 34.9 Å². The van der Waals surface area contributed by atoms with E-state index in [1.807, 2.05) is 11.6 Å². The first-order valence-corrected chi connectivity index (χ1v) is 7.75. The van der Waals surface area contributed by atoms with E-state index < -0.39 is 0 Å². The lowest BCUT2D eigenvalue weighted by Gasteiger charge is -2.08. The Morgan fingerprint density at radius 3 is 2.68 bits per heavy atom. The minimum absolute atomic E-state index is 0.409. The second kappa shape index (κ2) is 3.94. The number of rotatable bonds is 4. The van der Waals surface area contributed by atoms with Gasteiger partial charge in [-0.15, -0.1) is 0 Å². The van der Waals surface area contributed by atoms with Gasteiger partial charge in [0.05, 0.1) is 5.69 Å². The summed E-state index contributed by atoms with van der Waals surface area (Å²) in [4.78, 5) is 12.5. The van der Waals surface area contributed by atoms with Crippen molar-refractivity contribution in [1.82, 2.24) is 9.78 Å². The van der Waals surface area contributed by atoms with Crippen molar-refractivity contribution in [2.75, 3.05) is 0 Å². The van der Waals surface area contributed by atoms with Crippen LogP contribution in [0.2, 0.25) is 0 Å². The summed E-state index contributed by atoms with van der Waals surface area (Å²) in [6.45, 7) is 4.96. The molecule has 102 valence electrons. The molecule has 3 saturated carbocycles. The monoisotopic (exact) mass is 258 g/mol. The molecule has 3 fully saturated rings. The summed E-state index contributed by atoms with van der Waals surface area (Å²) >= 11 is 0. The van der Waals surface area contributed by atoms with Crippen LogP contribution < -0.4 is 0 Å². The number of hydrogen-bond donors (Lipinski definition) is 0. The summed E-state index contributed by atoms with van der Waals surface area (Å²) in [5.41, 5.74) is 2.14. The van der Waals surface area contributed by atoms with E-state index in [9.17, 15) is 4.79 Å². The van der Waals surface area contributed by atoms with Crippen molar-refractivity contribution in [2.24, 2.45) is 29.6 Å². The third kappa shape index (κ3) is 1.63. The smallest absolute Gasteiger partial charge is 0.142 e. The van der Waals surface area contributed by atoms with Gasteiger partial charge in [-0.3, -0.25) is 9.48 Å². The number of nitrogens with zero attached hydrogens (tertiary/aromatic N) is 2. The van der Waals surface area contributed by atoms with Gasteiger partial charge in [-0.25, -0.2) is 0 Å². The van der Waals surface area contributed by atoms with Crippen LogP contribution in [0.5, 0.6) is 0 Å². The number of carbonyl (C=O) groups excluding carboxylic acids is 1. The van der Waals surface area contributed by atoms with Crippen molar-refractivity contribution >= 4 is 5.78 Å². The number of aromatic nitrogens is 2. The Balaban J connectivity index is 1.48. The molecule has 4 atom stereocenters. The average molecular weight is 258 g/mol. The van der Waals surface area contributed by atoms with E-state index in [0.29, 0.717) is 18.1 Å². The molecule has 0 aromatic carbocycles. The Labute approximate surface area is 114 Å². The van der Waals surface area contributed by atoms with E-state index in [1.54, 1.807) is 0 Å². The summed E-state index contributed by atoms with van der Waals surface area (Å²) in [5, 5.41) is 4.44. The number of ketones is 1. The third-order valence-electron chi connectivity index (χ3n) is 5.75. The van der Waals surface area contributed by atoms with Crippen LogP contribution in [0, 0.1) is 36.5 Å². The van der Waals surface area contributed by atoms with Gasteiger partial charge in [0.2, 0.25) is 0 Å². The number of fused-ring (bicyclic) bond motifs is 5. The van der Waals surface area contributed by atoms with E-state index in [2.05, 4.69) is 18.1 Å². The normalized spacial score (nSPS) is 38.5. The molecule has 4 unspecified atom stereocenters. The zero-order valence-corrected chi connectivity index (χ0v) is 11.8. The number of hydrogen-bond acceptors (Lipinski definition) is 2. The molecule has 0 N–H and O–H groups in total. The van der Waals surface area contributed by atoms with Crippen LogP contribution in [0.15, 0.2) is 6.07 Å². The molecule has 3 nitrogen and oxygen atoms in total. The molecule has 1 aromatic heterocycles. The molecular formula is C16H22N2O. The van der Waals surface area contributed by atoms with Crippen LogP contribution in [-0.2, 0) is 17.8 Å². The molecule has 1 aromatic rings. The fourth-order valence-electron chi connectivity index (χ4n) is 5.07. The standard InChI is InChI=1S/C16H22N2O/c1-3-18-12(6-9(2)17-18)8-13(19)16-14-10-4-5-11(7-10)15(14)16/h6,10-11,14-16H,3-5,7-8H2,1-2H3.